The van der Waals surface area contributed by atoms with E-state index in [0.29, 0.717) is 18.6 Å². The van der Waals surface area contributed by atoms with Gasteiger partial charge in [0.25, 0.3) is 0 Å². The first-order valence-electron chi connectivity index (χ1n) is 4.47. The predicted octanol–water partition coefficient (Wildman–Crippen LogP) is -1.10. The van der Waals surface area contributed by atoms with E-state index in [4.69, 9.17) is 9.52 Å². The summed E-state index contributed by atoms with van der Waals surface area (Å²) in [5.41, 5.74) is 0.956. The first-order chi connectivity index (χ1) is 7.29. The van der Waals surface area contributed by atoms with Crippen molar-refractivity contribution in [3.05, 3.63) is 47.5 Å². The van der Waals surface area contributed by atoms with Crippen molar-refractivity contribution in [2.75, 3.05) is 0 Å². The fraction of sp³-hybridized carbons (Fsp3) is 0.0909. The molecule has 0 bridgehead atoms. The van der Waals surface area contributed by atoms with Crippen LogP contribution in [0.1, 0.15) is 23.4 Å². The average molecular weight is 227 g/mol. The summed E-state index contributed by atoms with van der Waals surface area (Å²) < 4.78 is 4.92. The van der Waals surface area contributed by atoms with Gasteiger partial charge in [0.1, 0.15) is 0 Å². The second-order valence-corrected chi connectivity index (χ2v) is 3.08. The van der Waals surface area contributed by atoms with Crippen LogP contribution in [0.3, 0.4) is 0 Å². The van der Waals surface area contributed by atoms with Crippen LogP contribution in [0.4, 0.5) is 0 Å². The minimum atomic E-state index is -0.420. The average Bonchev–Trinajstić information content (AvgIpc) is 2.60. The molecule has 5 heteroatoms. The van der Waals surface area contributed by atoms with Gasteiger partial charge < -0.3 is 11.0 Å². The number of rotatable bonds is 3. The number of hydrogen-bond donors (Lipinski definition) is 1. The number of carbonyl (C=O) groups excluding carboxylic acids is 1. The van der Waals surface area contributed by atoms with E-state index in [-0.39, 0.29) is 36.7 Å². The molecule has 0 radical (unpaired) electrons. The zero-order valence-electron chi connectivity index (χ0n) is 9.88. The second-order valence-electron chi connectivity index (χ2n) is 3.08. The Labute approximate surface area is 116 Å². The molecular formula is C11H10NNaO3. The summed E-state index contributed by atoms with van der Waals surface area (Å²) >= 11 is 0. The number of nitrogens with zero attached hydrogens (tertiary/aromatic N) is 1. The molecule has 0 saturated carbocycles. The Morgan fingerprint density at radius 1 is 1.38 bits per heavy atom. The molecule has 4 nitrogen and oxygen atoms in total. The van der Waals surface area contributed by atoms with E-state index in [1.54, 1.807) is 0 Å². The first kappa shape index (κ1) is 13.0. The molecule has 1 aromatic carbocycles. The third-order valence-electron chi connectivity index (χ3n) is 1.99. The van der Waals surface area contributed by atoms with Crippen LogP contribution in [0.25, 0.3) is 0 Å². The SMILES string of the molecule is O=Cc1nc(Cc2ccccc2)oc1O.[H-].[Na+]. The van der Waals surface area contributed by atoms with Gasteiger partial charge in [-0.15, -0.1) is 0 Å². The molecule has 0 unspecified atom stereocenters. The van der Waals surface area contributed by atoms with Gasteiger partial charge in [-0.2, -0.15) is 0 Å². The van der Waals surface area contributed by atoms with Gasteiger partial charge in [-0.25, -0.2) is 4.98 Å². The van der Waals surface area contributed by atoms with E-state index in [2.05, 4.69) is 4.98 Å². The maximum Gasteiger partial charge on any atom is 1.00 e. The Morgan fingerprint density at radius 2 is 2.06 bits per heavy atom. The Hall–Kier alpha value is -1.10. The smallest absolute Gasteiger partial charge is 1.00 e. The summed E-state index contributed by atoms with van der Waals surface area (Å²) in [4.78, 5) is 14.2. The monoisotopic (exact) mass is 227 g/mol. The van der Waals surface area contributed by atoms with E-state index in [0.717, 1.165) is 5.56 Å². The minimum Gasteiger partial charge on any atom is -1.00 e. The molecule has 0 spiro atoms. The Bertz CT molecular complexity index is 473. The summed E-state index contributed by atoms with van der Waals surface area (Å²) in [6, 6.07) is 9.55. The normalized spacial score (nSPS) is 9.50. The predicted molar refractivity (Wildman–Crippen MR) is 53.9 cm³/mol. The molecule has 1 aromatic heterocycles. The van der Waals surface area contributed by atoms with Gasteiger partial charge in [-0.1, -0.05) is 30.3 Å². The van der Waals surface area contributed by atoms with Crippen LogP contribution in [0.15, 0.2) is 34.7 Å². The quantitative estimate of drug-likeness (QED) is 0.534. The van der Waals surface area contributed by atoms with Gasteiger partial charge in [0.2, 0.25) is 5.89 Å². The zero-order chi connectivity index (χ0) is 10.7. The molecule has 1 N–H and O–H groups in total. The first-order valence-corrected chi connectivity index (χ1v) is 4.47. The van der Waals surface area contributed by atoms with E-state index in [1.165, 1.54) is 0 Å². The van der Waals surface area contributed by atoms with Crippen LogP contribution in [-0.2, 0) is 6.42 Å². The van der Waals surface area contributed by atoms with Gasteiger partial charge in [0, 0.05) is 6.42 Å². The molecule has 78 valence electrons. The molecule has 16 heavy (non-hydrogen) atoms. The van der Waals surface area contributed by atoms with Crippen molar-refractivity contribution < 1.29 is 45.3 Å². The summed E-state index contributed by atoms with van der Waals surface area (Å²) in [6.07, 6.45) is 0.926. The van der Waals surface area contributed by atoms with Crippen molar-refractivity contribution in [1.29, 1.82) is 0 Å². The number of aromatic hydroxyl groups is 1. The Kier molecular flexibility index (Phi) is 4.73. The van der Waals surface area contributed by atoms with Gasteiger partial charge in [-0.3, -0.25) is 4.79 Å². The van der Waals surface area contributed by atoms with Gasteiger partial charge >= 0.3 is 35.5 Å². The molecule has 0 fully saturated rings. The molecule has 0 saturated heterocycles. The van der Waals surface area contributed by atoms with Gasteiger partial charge in [-0.05, 0) is 5.56 Å². The van der Waals surface area contributed by atoms with E-state index < -0.39 is 5.95 Å². The van der Waals surface area contributed by atoms with E-state index in [1.807, 2.05) is 30.3 Å². The Balaban J connectivity index is 0.00000128. The van der Waals surface area contributed by atoms with Crippen LogP contribution >= 0.6 is 0 Å². The summed E-state index contributed by atoms with van der Waals surface area (Å²) in [5.74, 6) is -0.0864. The summed E-state index contributed by atoms with van der Waals surface area (Å²) in [7, 11) is 0. The van der Waals surface area contributed by atoms with Crippen molar-refractivity contribution in [3.8, 4) is 5.95 Å². The molecule has 0 aliphatic heterocycles. The fourth-order valence-corrected chi connectivity index (χ4v) is 1.29. The molecule has 2 aromatic rings. The third kappa shape index (κ3) is 2.95. The number of aldehydes is 1. The number of hydrogen-bond acceptors (Lipinski definition) is 4. The largest absolute Gasteiger partial charge is 1.00 e. The molecule has 0 atom stereocenters. The van der Waals surface area contributed by atoms with Crippen molar-refractivity contribution in [1.82, 2.24) is 4.98 Å². The van der Waals surface area contributed by atoms with Crippen LogP contribution in [0.5, 0.6) is 5.95 Å². The van der Waals surface area contributed by atoms with Gasteiger partial charge in [0.15, 0.2) is 12.0 Å². The van der Waals surface area contributed by atoms with Crippen LogP contribution in [-0.4, -0.2) is 16.4 Å². The maximum atomic E-state index is 10.4. The third-order valence-corrected chi connectivity index (χ3v) is 1.99. The summed E-state index contributed by atoms with van der Waals surface area (Å²) in [6.45, 7) is 0. The van der Waals surface area contributed by atoms with Crippen molar-refractivity contribution in [3.63, 3.8) is 0 Å². The summed E-state index contributed by atoms with van der Waals surface area (Å²) in [5, 5.41) is 9.15. The van der Waals surface area contributed by atoms with Crippen LogP contribution in [0.2, 0.25) is 0 Å². The Morgan fingerprint density at radius 3 is 2.62 bits per heavy atom. The molecule has 1 heterocycles. The molecule has 0 aliphatic carbocycles. The number of oxazole rings is 1. The van der Waals surface area contributed by atoms with E-state index in [9.17, 15) is 4.79 Å². The number of benzene rings is 1. The van der Waals surface area contributed by atoms with Crippen molar-refractivity contribution in [2.45, 2.75) is 6.42 Å². The van der Waals surface area contributed by atoms with Crippen LogP contribution < -0.4 is 29.6 Å². The number of carbonyl (C=O) groups is 1. The van der Waals surface area contributed by atoms with Gasteiger partial charge in [0.05, 0.1) is 0 Å². The molecular weight excluding hydrogens is 217 g/mol. The molecule has 2 rings (SSSR count). The van der Waals surface area contributed by atoms with Crippen LogP contribution in [0, 0.1) is 0 Å². The van der Waals surface area contributed by atoms with Crippen molar-refractivity contribution >= 4 is 6.29 Å². The zero-order valence-corrected chi connectivity index (χ0v) is 10.9. The van der Waals surface area contributed by atoms with E-state index >= 15 is 0 Å². The molecule has 0 amide bonds. The standard InChI is InChI=1S/C11H9NO3.Na.H/c13-7-9-11(14)15-10(12-9)6-8-4-2-1-3-5-8;;/h1-5,7,14H,6H2;;/q;+1;-1. The minimum absolute atomic E-state index is 0. The second kappa shape index (κ2) is 5.84. The molecule has 0 aliphatic rings. The maximum absolute atomic E-state index is 10.4. The van der Waals surface area contributed by atoms with Crippen molar-refractivity contribution in [2.24, 2.45) is 0 Å². The topological polar surface area (TPSA) is 63.3 Å². The fourth-order valence-electron chi connectivity index (χ4n) is 1.29. The number of aromatic nitrogens is 1.